The molecule has 0 aromatic carbocycles. The molecule has 0 bridgehead atoms. The smallest absolute Gasteiger partial charge is 0.0500 e. The third-order valence-electron chi connectivity index (χ3n) is 0. The van der Waals surface area contributed by atoms with Crippen molar-refractivity contribution < 1.29 is 0 Å². The summed E-state index contributed by atoms with van der Waals surface area (Å²) in [7, 11) is 0. The standard InChI is InChI=1S/C4H10.7C2H6/c1-4(2)3;7*1-2/h4H,1-3H3;7*1-2H3. The third kappa shape index (κ3) is 0. The molecule has 0 atom stereocenters. The second-order valence-corrected chi connectivity index (χ2v) is 1.73. The Morgan fingerprint density at radius 1 is 0.278 bits per heavy atom. The van der Waals surface area contributed by atoms with Crippen molar-refractivity contribution in [3.63, 3.8) is 0 Å². The number of rotatable bonds is 0. The third-order valence-corrected chi connectivity index (χ3v) is 0. The summed E-state index contributed by atoms with van der Waals surface area (Å²) in [6.45, 7) is 34.5. The first-order valence-corrected chi connectivity index (χ1v) is 8.73. The van der Waals surface area contributed by atoms with Gasteiger partial charge in [0.2, 0.25) is 0 Å². The van der Waals surface area contributed by atoms with Crippen molar-refractivity contribution in [3.05, 3.63) is 0 Å². The van der Waals surface area contributed by atoms with Gasteiger partial charge in [-0.3, -0.25) is 0 Å². The summed E-state index contributed by atoms with van der Waals surface area (Å²) in [5.74, 6) is 0.833. The summed E-state index contributed by atoms with van der Waals surface area (Å²) in [6.07, 6.45) is 0. The maximum absolute atomic E-state index is 2.17. The van der Waals surface area contributed by atoms with Crippen molar-refractivity contribution in [2.24, 2.45) is 5.92 Å². The Hall–Kier alpha value is 0. The van der Waals surface area contributed by atoms with E-state index in [0.29, 0.717) is 0 Å². The normalized spacial score (nSPS) is 4.33. The van der Waals surface area contributed by atoms with E-state index in [-0.39, 0.29) is 0 Å². The van der Waals surface area contributed by atoms with Crippen LogP contribution in [-0.4, -0.2) is 0 Å². The van der Waals surface area contributed by atoms with Crippen molar-refractivity contribution in [2.45, 2.75) is 118 Å². The van der Waals surface area contributed by atoms with Gasteiger partial charge in [-0.15, -0.1) is 0 Å². The van der Waals surface area contributed by atoms with Crippen LogP contribution in [0.1, 0.15) is 118 Å². The van der Waals surface area contributed by atoms with Gasteiger partial charge in [0.25, 0.3) is 0 Å². The predicted octanol–water partition coefficient (Wildman–Crippen LogP) is 8.85. The summed E-state index contributed by atoms with van der Waals surface area (Å²) >= 11 is 0. The van der Waals surface area contributed by atoms with Gasteiger partial charge >= 0.3 is 0 Å². The Balaban J connectivity index is -0.0000000109. The molecule has 0 saturated carbocycles. The summed E-state index contributed by atoms with van der Waals surface area (Å²) in [6, 6.07) is 0. The first-order valence-electron chi connectivity index (χ1n) is 8.73. The minimum atomic E-state index is 0.833. The molecule has 0 rings (SSSR count). The molecule has 124 valence electrons. The molecule has 0 spiro atoms. The minimum absolute atomic E-state index is 0.833. The highest BCUT2D eigenvalue weighted by atomic mass is 13.7. The van der Waals surface area contributed by atoms with E-state index in [4.69, 9.17) is 0 Å². The van der Waals surface area contributed by atoms with Crippen molar-refractivity contribution in [1.29, 1.82) is 0 Å². The highest BCUT2D eigenvalue weighted by Crippen LogP contribution is 1.81. The molecule has 0 aromatic rings. The van der Waals surface area contributed by atoms with Crippen LogP contribution in [0.3, 0.4) is 0 Å². The Bertz CT molecular complexity index is 4.75. The molecule has 0 N–H and O–H groups in total. The summed E-state index contributed by atoms with van der Waals surface area (Å²) in [5.41, 5.74) is 0. The van der Waals surface area contributed by atoms with E-state index in [9.17, 15) is 0 Å². The molecule has 0 saturated heterocycles. The fraction of sp³-hybridized carbons (Fsp3) is 1.00. The second kappa shape index (κ2) is 484. The topological polar surface area (TPSA) is 0 Å². The molecule has 18 heavy (non-hydrogen) atoms. The molecule has 0 nitrogen and oxygen atoms in total. The predicted molar refractivity (Wildman–Crippen MR) is 99.9 cm³/mol. The van der Waals surface area contributed by atoms with Crippen LogP contribution in [-0.2, 0) is 0 Å². The van der Waals surface area contributed by atoms with E-state index in [2.05, 4.69) is 20.8 Å². The van der Waals surface area contributed by atoms with Crippen molar-refractivity contribution in [1.82, 2.24) is 0 Å². The lowest BCUT2D eigenvalue weighted by atomic mass is 10.3. The Morgan fingerprint density at radius 2 is 0.278 bits per heavy atom. The van der Waals surface area contributed by atoms with E-state index in [1.54, 1.807) is 0 Å². The van der Waals surface area contributed by atoms with Crippen molar-refractivity contribution >= 4 is 0 Å². The van der Waals surface area contributed by atoms with Crippen LogP contribution in [0.5, 0.6) is 0 Å². The Morgan fingerprint density at radius 3 is 0.278 bits per heavy atom. The molecule has 0 aliphatic carbocycles. The van der Waals surface area contributed by atoms with E-state index in [1.165, 1.54) is 0 Å². The van der Waals surface area contributed by atoms with Crippen LogP contribution in [0.15, 0.2) is 0 Å². The van der Waals surface area contributed by atoms with Gasteiger partial charge in [0.05, 0.1) is 0 Å². The number of hydrogen-bond donors (Lipinski definition) is 0. The fourth-order valence-corrected chi connectivity index (χ4v) is 0. The van der Waals surface area contributed by atoms with Crippen LogP contribution in [0.25, 0.3) is 0 Å². The summed E-state index contributed by atoms with van der Waals surface area (Å²) in [5, 5.41) is 0. The largest absolute Gasteiger partial charge is 0.0683 e. The summed E-state index contributed by atoms with van der Waals surface area (Å²) < 4.78 is 0. The van der Waals surface area contributed by atoms with Gasteiger partial charge in [-0.25, -0.2) is 0 Å². The monoisotopic (exact) mass is 268 g/mol. The Kier molecular flexibility index (Phi) is 1400. The average molecular weight is 269 g/mol. The van der Waals surface area contributed by atoms with Gasteiger partial charge < -0.3 is 0 Å². The molecule has 0 radical (unpaired) electrons. The zero-order valence-electron chi connectivity index (χ0n) is 17.6. The first kappa shape index (κ1) is 52.0. The lowest BCUT2D eigenvalue weighted by Crippen LogP contribution is -1.66. The highest BCUT2D eigenvalue weighted by Gasteiger charge is 1.68. The quantitative estimate of drug-likeness (QED) is 0.411. The Labute approximate surface area is 124 Å². The van der Waals surface area contributed by atoms with E-state index >= 15 is 0 Å². The van der Waals surface area contributed by atoms with Gasteiger partial charge in [0.15, 0.2) is 0 Å². The average Bonchev–Trinajstić information content (AvgIpc) is 2.52. The molecular formula is C18H52. The molecule has 0 unspecified atom stereocenters. The van der Waals surface area contributed by atoms with Gasteiger partial charge in [-0.05, 0) is 5.92 Å². The molecular weight excluding hydrogens is 216 g/mol. The number of hydrogen-bond acceptors (Lipinski definition) is 0. The van der Waals surface area contributed by atoms with Gasteiger partial charge in [-0.2, -0.15) is 0 Å². The van der Waals surface area contributed by atoms with E-state index < -0.39 is 0 Å². The second-order valence-electron chi connectivity index (χ2n) is 1.73. The van der Waals surface area contributed by atoms with Crippen molar-refractivity contribution in [2.75, 3.05) is 0 Å². The molecule has 0 amide bonds. The zero-order valence-corrected chi connectivity index (χ0v) is 17.6. The van der Waals surface area contributed by atoms with E-state index in [0.717, 1.165) is 5.92 Å². The molecule has 0 heterocycles. The molecule has 0 fully saturated rings. The van der Waals surface area contributed by atoms with Crippen LogP contribution < -0.4 is 0 Å². The highest BCUT2D eigenvalue weighted by molar-refractivity contribution is 4.20. The van der Waals surface area contributed by atoms with Gasteiger partial charge in [0, 0.05) is 0 Å². The SMILES string of the molecule is CC.CC.CC.CC.CC.CC.CC.CC(C)C. The lowest BCUT2D eigenvalue weighted by molar-refractivity contribution is 0.737. The molecule has 0 aliphatic rings. The van der Waals surface area contributed by atoms with Crippen LogP contribution in [0.2, 0.25) is 0 Å². The first-order chi connectivity index (χ1) is 8.73. The fourth-order valence-electron chi connectivity index (χ4n) is 0. The van der Waals surface area contributed by atoms with Crippen LogP contribution >= 0.6 is 0 Å². The minimum Gasteiger partial charge on any atom is -0.0683 e. The van der Waals surface area contributed by atoms with Crippen LogP contribution in [0, 0.1) is 5.92 Å². The van der Waals surface area contributed by atoms with Gasteiger partial charge in [0.1, 0.15) is 0 Å². The lowest BCUT2D eigenvalue weighted by Gasteiger charge is -1.79. The van der Waals surface area contributed by atoms with Crippen LogP contribution in [0.4, 0.5) is 0 Å². The molecule has 0 aromatic heterocycles. The zero-order chi connectivity index (χ0) is 17.6. The maximum Gasteiger partial charge on any atom is -0.0500 e. The van der Waals surface area contributed by atoms with E-state index in [1.807, 2.05) is 96.9 Å². The van der Waals surface area contributed by atoms with Crippen molar-refractivity contribution in [3.8, 4) is 0 Å². The molecule has 0 heteroatoms. The maximum atomic E-state index is 2.17. The molecule has 0 aliphatic heterocycles. The summed E-state index contributed by atoms with van der Waals surface area (Å²) in [4.78, 5) is 0. The van der Waals surface area contributed by atoms with Gasteiger partial charge in [-0.1, -0.05) is 118 Å².